The number of para-hydroxylation sites is 1. The second-order valence-corrected chi connectivity index (χ2v) is 8.70. The number of anilines is 1. The lowest BCUT2D eigenvalue weighted by molar-refractivity contribution is -0.384. The maximum Gasteiger partial charge on any atom is 0.435 e. The van der Waals surface area contributed by atoms with Crippen molar-refractivity contribution < 1.29 is 35.7 Å². The number of hydrogen-bond donors (Lipinski definition) is 1. The third kappa shape index (κ3) is 4.69. The minimum atomic E-state index is -5.01. The number of furan rings is 1. The summed E-state index contributed by atoms with van der Waals surface area (Å²) in [5.74, 6) is -1.32. The number of rotatable bonds is 5. The molecule has 4 rings (SSSR count). The Morgan fingerprint density at radius 3 is 2.31 bits per heavy atom. The van der Waals surface area contributed by atoms with Crippen LogP contribution in [-0.4, -0.2) is 31.1 Å². The molecule has 0 unspecified atom stereocenters. The van der Waals surface area contributed by atoms with E-state index in [1.807, 2.05) is 0 Å². The van der Waals surface area contributed by atoms with Crippen LogP contribution in [0.5, 0.6) is 0 Å². The highest BCUT2D eigenvalue weighted by molar-refractivity contribution is 7.89. The lowest BCUT2D eigenvalue weighted by Crippen LogP contribution is -2.25. The van der Waals surface area contributed by atoms with Crippen LogP contribution in [0, 0.1) is 10.1 Å². The quantitative estimate of drug-likeness (QED) is 0.316. The maximum atomic E-state index is 13.7. The van der Waals surface area contributed by atoms with Crippen LogP contribution in [0.4, 0.5) is 24.5 Å². The second-order valence-electron chi connectivity index (χ2n) is 7.14. The van der Waals surface area contributed by atoms with Crippen molar-refractivity contribution in [3.63, 3.8) is 0 Å². The van der Waals surface area contributed by atoms with E-state index in [1.165, 1.54) is 36.4 Å². The van der Waals surface area contributed by atoms with Gasteiger partial charge in [-0.1, -0.05) is 12.1 Å². The first-order chi connectivity index (χ1) is 16.4. The van der Waals surface area contributed by atoms with Gasteiger partial charge in [0.1, 0.15) is 11.5 Å². The van der Waals surface area contributed by atoms with Gasteiger partial charge in [-0.05, 0) is 48.5 Å². The van der Waals surface area contributed by atoms with Crippen LogP contribution in [-0.2, 0) is 14.8 Å². The normalized spacial score (nSPS) is 15.5. The van der Waals surface area contributed by atoms with Gasteiger partial charge >= 0.3 is 6.18 Å². The highest BCUT2D eigenvalue weighted by Gasteiger charge is 2.47. The lowest BCUT2D eigenvalue weighted by Gasteiger charge is -2.11. The summed E-state index contributed by atoms with van der Waals surface area (Å²) < 4.78 is 69.2. The number of amides is 1. The predicted molar refractivity (Wildman–Crippen MR) is 118 cm³/mol. The van der Waals surface area contributed by atoms with Gasteiger partial charge in [-0.3, -0.25) is 14.9 Å². The molecule has 0 fully saturated rings. The second kappa shape index (κ2) is 8.48. The highest BCUT2D eigenvalue weighted by atomic mass is 32.2. The Morgan fingerprint density at radius 1 is 1.06 bits per heavy atom. The predicted octanol–water partition coefficient (Wildman–Crippen LogP) is 3.85. The average Bonchev–Trinajstić information content (AvgIpc) is 3.38. The van der Waals surface area contributed by atoms with E-state index in [4.69, 9.17) is 9.56 Å². The van der Waals surface area contributed by atoms with Crippen molar-refractivity contribution in [2.45, 2.75) is 11.1 Å². The molecule has 0 bridgehead atoms. The van der Waals surface area contributed by atoms with Crippen molar-refractivity contribution in [2.24, 2.45) is 10.2 Å². The zero-order chi connectivity index (χ0) is 25.5. The van der Waals surface area contributed by atoms with E-state index in [0.717, 1.165) is 30.3 Å². The van der Waals surface area contributed by atoms with Crippen molar-refractivity contribution >= 4 is 39.1 Å². The number of nitrogens with zero attached hydrogens (tertiary/aromatic N) is 3. The number of hydrogen-bond acceptors (Lipinski definition) is 7. The number of benzene rings is 2. The standard InChI is InChI=1S/C21H13F3N4O6S/c22-21(23,24)19-16(20(29)27(26-19)12-5-8-14(9-6-12)35(25,32)33)11-13-7-10-18(34-13)15-3-1-2-4-17(15)28(30)31/h1-11H,(H2,25,32,33)/b16-11-. The number of nitro benzene ring substituents is 1. The highest BCUT2D eigenvalue weighted by Crippen LogP contribution is 2.35. The monoisotopic (exact) mass is 506 g/mol. The fraction of sp³-hybridized carbons (Fsp3) is 0.0476. The Hall–Kier alpha value is -4.30. The summed E-state index contributed by atoms with van der Waals surface area (Å²) in [6.07, 6.45) is -4.18. The SMILES string of the molecule is NS(=O)(=O)c1ccc(N2N=C(C(F)(F)F)/C(=C/c3ccc(-c4ccccc4[N+](=O)[O-])o3)C2=O)cc1. The van der Waals surface area contributed by atoms with Crippen LogP contribution < -0.4 is 10.1 Å². The maximum absolute atomic E-state index is 13.7. The van der Waals surface area contributed by atoms with Gasteiger partial charge in [0, 0.05) is 6.07 Å². The van der Waals surface area contributed by atoms with Crippen LogP contribution in [0.3, 0.4) is 0 Å². The number of nitrogens with two attached hydrogens (primary N) is 1. The topological polar surface area (TPSA) is 149 Å². The van der Waals surface area contributed by atoms with Crippen LogP contribution in [0.15, 0.2) is 80.7 Å². The van der Waals surface area contributed by atoms with E-state index in [9.17, 15) is 36.5 Å². The van der Waals surface area contributed by atoms with E-state index < -0.39 is 38.3 Å². The first-order valence-corrected chi connectivity index (χ1v) is 11.1. The number of primary sulfonamides is 1. The van der Waals surface area contributed by atoms with Crippen LogP contribution in [0.1, 0.15) is 5.76 Å². The molecule has 1 aliphatic heterocycles. The minimum absolute atomic E-state index is 0.00975. The number of hydrazone groups is 1. The van der Waals surface area contributed by atoms with E-state index in [1.54, 1.807) is 0 Å². The zero-order valence-electron chi connectivity index (χ0n) is 17.3. The van der Waals surface area contributed by atoms with Gasteiger partial charge in [-0.15, -0.1) is 0 Å². The number of carbonyl (C=O) groups is 1. The van der Waals surface area contributed by atoms with Gasteiger partial charge in [0.15, 0.2) is 5.71 Å². The molecule has 1 amide bonds. The first-order valence-electron chi connectivity index (χ1n) is 9.55. The molecule has 0 radical (unpaired) electrons. The summed E-state index contributed by atoms with van der Waals surface area (Å²) in [4.78, 5) is 23.1. The van der Waals surface area contributed by atoms with E-state index in [0.29, 0.717) is 5.01 Å². The molecule has 0 saturated heterocycles. The molecule has 10 nitrogen and oxygen atoms in total. The number of halogens is 3. The molecule has 35 heavy (non-hydrogen) atoms. The van der Waals surface area contributed by atoms with Crippen LogP contribution in [0.25, 0.3) is 17.4 Å². The lowest BCUT2D eigenvalue weighted by atomic mass is 10.1. The molecule has 180 valence electrons. The number of sulfonamides is 1. The molecule has 1 aromatic heterocycles. The number of alkyl halides is 3. The van der Waals surface area contributed by atoms with Gasteiger partial charge < -0.3 is 4.42 Å². The van der Waals surface area contributed by atoms with Crippen molar-refractivity contribution in [1.29, 1.82) is 0 Å². The molecule has 14 heteroatoms. The van der Waals surface area contributed by atoms with Crippen LogP contribution in [0.2, 0.25) is 0 Å². The van der Waals surface area contributed by atoms with Crippen molar-refractivity contribution in [1.82, 2.24) is 0 Å². The molecule has 2 heterocycles. The molecule has 0 aliphatic carbocycles. The molecule has 1 aliphatic rings. The molecule has 0 saturated carbocycles. The van der Waals surface area contributed by atoms with E-state index >= 15 is 0 Å². The van der Waals surface area contributed by atoms with Gasteiger partial charge in [0.05, 0.1) is 26.6 Å². The Labute approximate surface area is 195 Å². The summed E-state index contributed by atoms with van der Waals surface area (Å²) in [6, 6.07) is 12.4. The Bertz CT molecular complexity index is 1510. The summed E-state index contributed by atoms with van der Waals surface area (Å²) in [5, 5.41) is 20.1. The molecular weight excluding hydrogens is 493 g/mol. The average molecular weight is 506 g/mol. The van der Waals surface area contributed by atoms with E-state index in [2.05, 4.69) is 5.10 Å². The molecule has 0 spiro atoms. The molecule has 2 aromatic carbocycles. The largest absolute Gasteiger partial charge is 0.456 e. The number of nitro groups is 1. The Balaban J connectivity index is 1.72. The van der Waals surface area contributed by atoms with Gasteiger partial charge in [-0.25, -0.2) is 13.6 Å². The van der Waals surface area contributed by atoms with Crippen molar-refractivity contribution in [3.05, 3.63) is 82.1 Å². The summed E-state index contributed by atoms with van der Waals surface area (Å²) in [6.45, 7) is 0. The van der Waals surface area contributed by atoms with Crippen LogP contribution >= 0.6 is 0 Å². The smallest absolute Gasteiger partial charge is 0.435 e. The van der Waals surface area contributed by atoms with Gasteiger partial charge in [-0.2, -0.15) is 23.3 Å². The van der Waals surface area contributed by atoms with Crippen molar-refractivity contribution in [3.8, 4) is 11.3 Å². The summed E-state index contributed by atoms with van der Waals surface area (Å²) in [7, 11) is -4.06. The molecule has 3 aromatic rings. The third-order valence-corrected chi connectivity index (χ3v) is 5.77. The van der Waals surface area contributed by atoms with Gasteiger partial charge in [0.25, 0.3) is 11.6 Å². The Morgan fingerprint density at radius 2 is 1.71 bits per heavy atom. The molecule has 0 atom stereocenters. The molecule has 2 N–H and O–H groups in total. The van der Waals surface area contributed by atoms with Crippen molar-refractivity contribution in [2.75, 3.05) is 5.01 Å². The summed E-state index contributed by atoms with van der Waals surface area (Å²) >= 11 is 0. The zero-order valence-corrected chi connectivity index (χ0v) is 18.1. The third-order valence-electron chi connectivity index (χ3n) is 4.84. The van der Waals surface area contributed by atoms with E-state index in [-0.39, 0.29) is 33.4 Å². The van der Waals surface area contributed by atoms with Gasteiger partial charge in [0.2, 0.25) is 10.0 Å². The minimum Gasteiger partial charge on any atom is -0.456 e. The Kier molecular flexibility index (Phi) is 5.78. The summed E-state index contributed by atoms with van der Waals surface area (Å²) in [5.41, 5.74) is -2.64. The number of carbonyl (C=O) groups excluding carboxylic acids is 1. The first kappa shape index (κ1) is 23.8. The molecular formula is C21H13F3N4O6S. The fourth-order valence-electron chi connectivity index (χ4n) is 3.26. The fourth-order valence-corrected chi connectivity index (χ4v) is 3.78.